The van der Waals surface area contributed by atoms with E-state index in [0.717, 1.165) is 15.9 Å². The van der Waals surface area contributed by atoms with Gasteiger partial charge in [-0.2, -0.15) is 13.4 Å². The van der Waals surface area contributed by atoms with Crippen molar-refractivity contribution in [3.63, 3.8) is 0 Å². The molecule has 0 atom stereocenters. The largest absolute Gasteiger partial charge is 0.299 e. The van der Waals surface area contributed by atoms with Crippen LogP contribution in [-0.2, 0) is 10.0 Å². The van der Waals surface area contributed by atoms with Crippen LogP contribution in [0.2, 0.25) is 0 Å². The van der Waals surface area contributed by atoms with Gasteiger partial charge in [0.1, 0.15) is 0 Å². The van der Waals surface area contributed by atoms with Gasteiger partial charge in [0, 0.05) is 21.5 Å². The van der Waals surface area contributed by atoms with Crippen LogP contribution in [0, 0.1) is 13.8 Å². The minimum absolute atomic E-state index is 0.258. The number of nitrogens with zero attached hydrogens (tertiary/aromatic N) is 4. The maximum atomic E-state index is 12.4. The van der Waals surface area contributed by atoms with Crippen LogP contribution in [-0.4, -0.2) is 28.0 Å². The Balaban J connectivity index is 2.02. The normalized spacial score (nSPS) is 11.8. The van der Waals surface area contributed by atoms with Crippen molar-refractivity contribution in [3.05, 3.63) is 46.2 Å². The zero-order chi connectivity index (χ0) is 15.9. The minimum Gasteiger partial charge on any atom is -0.277 e. The molecule has 22 heavy (non-hydrogen) atoms. The third-order valence-electron chi connectivity index (χ3n) is 2.94. The Morgan fingerprint density at radius 1 is 1.14 bits per heavy atom. The number of hydrogen-bond donors (Lipinski definition) is 1. The molecular formula is C13H12BrN5O2S. The van der Waals surface area contributed by atoms with Gasteiger partial charge in [0.15, 0.2) is 0 Å². The molecule has 2 heterocycles. The quantitative estimate of drug-likeness (QED) is 0.751. The average Bonchev–Trinajstić information content (AvgIpc) is 2.86. The third-order valence-corrected chi connectivity index (χ3v) is 4.62. The predicted molar refractivity (Wildman–Crippen MR) is 85.2 cm³/mol. The van der Waals surface area contributed by atoms with Gasteiger partial charge in [-0.05, 0) is 44.2 Å². The Morgan fingerprint density at radius 2 is 1.82 bits per heavy atom. The molecule has 0 fully saturated rings. The summed E-state index contributed by atoms with van der Waals surface area (Å²) in [5.74, 6) is 0.258. The van der Waals surface area contributed by atoms with Crippen molar-refractivity contribution in [2.75, 3.05) is 4.72 Å². The van der Waals surface area contributed by atoms with Gasteiger partial charge in [0.25, 0.3) is 21.0 Å². The number of benzene rings is 1. The summed E-state index contributed by atoms with van der Waals surface area (Å²) >= 11 is 3.29. The molecule has 9 heteroatoms. The Kier molecular flexibility index (Phi) is 3.61. The molecule has 0 radical (unpaired) electrons. The lowest BCUT2D eigenvalue weighted by Gasteiger charge is -2.04. The van der Waals surface area contributed by atoms with Gasteiger partial charge in [-0.25, -0.2) is 9.50 Å². The Hall–Kier alpha value is -2.00. The van der Waals surface area contributed by atoms with Crippen molar-refractivity contribution in [1.82, 2.24) is 19.6 Å². The lowest BCUT2D eigenvalue weighted by atomic mass is 10.3. The summed E-state index contributed by atoms with van der Waals surface area (Å²) in [5, 5.41) is 3.71. The molecule has 0 aliphatic carbocycles. The molecule has 2 aromatic heterocycles. The Bertz CT molecular complexity index is 950. The highest BCUT2D eigenvalue weighted by atomic mass is 79.9. The predicted octanol–water partition coefficient (Wildman–Crippen LogP) is 2.30. The van der Waals surface area contributed by atoms with Crippen molar-refractivity contribution < 1.29 is 8.42 Å². The molecule has 0 saturated carbocycles. The minimum atomic E-state index is -3.87. The molecule has 0 aliphatic heterocycles. The van der Waals surface area contributed by atoms with E-state index >= 15 is 0 Å². The number of aryl methyl sites for hydroxylation is 2. The van der Waals surface area contributed by atoms with E-state index in [1.165, 1.54) is 4.52 Å². The number of anilines is 1. The fourth-order valence-corrected chi connectivity index (χ4v) is 3.17. The number of hydrogen-bond acceptors (Lipinski definition) is 5. The number of rotatable bonds is 3. The molecule has 0 spiro atoms. The number of sulfonamides is 1. The van der Waals surface area contributed by atoms with Crippen LogP contribution in [0.1, 0.15) is 11.4 Å². The van der Waals surface area contributed by atoms with E-state index in [-0.39, 0.29) is 10.9 Å². The van der Waals surface area contributed by atoms with Gasteiger partial charge in [-0.3, -0.25) is 4.72 Å². The number of fused-ring (bicyclic) bond motifs is 1. The van der Waals surface area contributed by atoms with E-state index in [1.807, 2.05) is 13.8 Å². The van der Waals surface area contributed by atoms with Gasteiger partial charge in [-0.15, -0.1) is 5.10 Å². The summed E-state index contributed by atoms with van der Waals surface area (Å²) in [5.41, 5.74) is 1.95. The Labute approximate surface area is 135 Å². The summed E-state index contributed by atoms with van der Waals surface area (Å²) < 4.78 is 29.4. The second-order valence-corrected chi connectivity index (χ2v) is 7.25. The number of nitrogens with one attached hydrogen (secondary N) is 1. The van der Waals surface area contributed by atoms with Crippen LogP contribution in [0.4, 0.5) is 5.69 Å². The van der Waals surface area contributed by atoms with E-state index in [4.69, 9.17) is 0 Å². The summed E-state index contributed by atoms with van der Waals surface area (Å²) in [6.45, 7) is 3.63. The molecule has 0 aliphatic rings. The number of aromatic nitrogens is 4. The monoisotopic (exact) mass is 381 g/mol. The van der Waals surface area contributed by atoms with Crippen molar-refractivity contribution in [2.45, 2.75) is 19.0 Å². The fourth-order valence-electron chi connectivity index (χ4n) is 1.98. The summed E-state index contributed by atoms with van der Waals surface area (Å²) in [6, 6.07) is 8.57. The van der Waals surface area contributed by atoms with Gasteiger partial charge >= 0.3 is 0 Å². The molecule has 0 unspecified atom stereocenters. The molecule has 3 rings (SSSR count). The zero-order valence-electron chi connectivity index (χ0n) is 11.8. The highest BCUT2D eigenvalue weighted by molar-refractivity contribution is 9.10. The van der Waals surface area contributed by atoms with E-state index < -0.39 is 10.0 Å². The average molecular weight is 382 g/mol. The van der Waals surface area contributed by atoms with Gasteiger partial charge in [0.05, 0.1) is 0 Å². The first kappa shape index (κ1) is 14.9. The maximum absolute atomic E-state index is 12.4. The molecule has 1 aromatic carbocycles. The highest BCUT2D eigenvalue weighted by Crippen LogP contribution is 2.17. The molecule has 114 valence electrons. The SMILES string of the molecule is Cc1cc(C)n2nc(S(=O)(=O)Nc3ccc(Br)cc3)nc2n1. The smallest absolute Gasteiger partial charge is 0.277 e. The lowest BCUT2D eigenvalue weighted by molar-refractivity contribution is 0.592. The first-order valence-corrected chi connectivity index (χ1v) is 8.62. The molecular weight excluding hydrogens is 370 g/mol. The first-order chi connectivity index (χ1) is 10.3. The van der Waals surface area contributed by atoms with Crippen molar-refractivity contribution in [3.8, 4) is 0 Å². The maximum Gasteiger partial charge on any atom is 0.299 e. The van der Waals surface area contributed by atoms with Gasteiger partial charge < -0.3 is 0 Å². The van der Waals surface area contributed by atoms with Crippen molar-refractivity contribution in [1.29, 1.82) is 0 Å². The molecule has 0 bridgehead atoms. The molecule has 0 saturated heterocycles. The summed E-state index contributed by atoms with van der Waals surface area (Å²) in [4.78, 5) is 8.18. The van der Waals surface area contributed by atoms with Gasteiger partial charge in [-0.1, -0.05) is 15.9 Å². The van der Waals surface area contributed by atoms with Crippen LogP contribution < -0.4 is 4.72 Å². The van der Waals surface area contributed by atoms with E-state index in [1.54, 1.807) is 30.3 Å². The van der Waals surface area contributed by atoms with E-state index in [9.17, 15) is 8.42 Å². The topological polar surface area (TPSA) is 89.3 Å². The molecule has 3 aromatic rings. The molecule has 7 nitrogen and oxygen atoms in total. The van der Waals surface area contributed by atoms with Crippen molar-refractivity contribution in [2.24, 2.45) is 0 Å². The lowest BCUT2D eigenvalue weighted by Crippen LogP contribution is -2.14. The fraction of sp³-hybridized carbons (Fsp3) is 0.154. The van der Waals surface area contributed by atoms with E-state index in [0.29, 0.717) is 5.69 Å². The van der Waals surface area contributed by atoms with Crippen LogP contribution in [0.5, 0.6) is 0 Å². The summed E-state index contributed by atoms with van der Waals surface area (Å²) in [6.07, 6.45) is 0. The highest BCUT2D eigenvalue weighted by Gasteiger charge is 2.21. The van der Waals surface area contributed by atoms with Crippen LogP contribution in [0.15, 0.2) is 40.0 Å². The first-order valence-electron chi connectivity index (χ1n) is 6.34. The second-order valence-electron chi connectivity index (χ2n) is 4.76. The van der Waals surface area contributed by atoms with Crippen LogP contribution in [0.3, 0.4) is 0 Å². The Morgan fingerprint density at radius 3 is 2.50 bits per heavy atom. The number of halogens is 1. The van der Waals surface area contributed by atoms with Gasteiger partial charge in [0.2, 0.25) is 0 Å². The molecule has 0 amide bonds. The summed E-state index contributed by atoms with van der Waals surface area (Å²) in [7, 11) is -3.87. The van der Waals surface area contributed by atoms with Crippen LogP contribution in [0.25, 0.3) is 5.78 Å². The van der Waals surface area contributed by atoms with Crippen molar-refractivity contribution >= 4 is 37.4 Å². The second kappa shape index (κ2) is 5.33. The zero-order valence-corrected chi connectivity index (χ0v) is 14.2. The van der Waals surface area contributed by atoms with Crippen LogP contribution >= 0.6 is 15.9 Å². The van der Waals surface area contributed by atoms with E-state index in [2.05, 4.69) is 35.7 Å². The standard InChI is InChI=1S/C13H12BrN5O2S/c1-8-7-9(2)19-12(15-8)16-13(17-19)22(20,21)18-11-5-3-10(14)4-6-11/h3-7,18H,1-2H3. The third kappa shape index (κ3) is 2.81. The molecule has 1 N–H and O–H groups in total.